The number of rotatable bonds is 4. The van der Waals surface area contributed by atoms with Gasteiger partial charge in [0.05, 0.1) is 4.34 Å². The second-order valence-electron chi connectivity index (χ2n) is 4.08. The molecule has 0 saturated carbocycles. The van der Waals surface area contributed by atoms with Crippen LogP contribution in [0, 0.1) is 0 Å². The van der Waals surface area contributed by atoms with Gasteiger partial charge in [-0.1, -0.05) is 25.4 Å². The molecule has 0 amide bonds. The second-order valence-corrected chi connectivity index (χ2v) is 5.82. The van der Waals surface area contributed by atoms with Gasteiger partial charge in [0.15, 0.2) is 0 Å². The summed E-state index contributed by atoms with van der Waals surface area (Å²) in [4.78, 5) is 6.79. The monoisotopic (exact) mass is 272 g/mol. The van der Waals surface area contributed by atoms with E-state index in [1.54, 1.807) is 11.3 Å². The van der Waals surface area contributed by atoms with E-state index in [1.165, 1.54) is 4.88 Å². The highest BCUT2D eigenvalue weighted by molar-refractivity contribution is 7.16. The van der Waals surface area contributed by atoms with Gasteiger partial charge < -0.3 is 10.6 Å². The summed E-state index contributed by atoms with van der Waals surface area (Å²) in [5.41, 5.74) is 5.78. The fraction of sp³-hybridized carbons (Fsp3) is 0.500. The highest BCUT2D eigenvalue weighted by Crippen LogP contribution is 2.37. The standard InChI is InChI=1S/C12H17ClN2OS/c1-3-8(4-2)15-9(7-12(14)16-15)10-5-6-11(13)17-10/h5-9H,3-4,14H2,1-2H3. The first-order valence-corrected chi connectivity index (χ1v) is 7.04. The van der Waals surface area contributed by atoms with Gasteiger partial charge in [0.2, 0.25) is 5.88 Å². The van der Waals surface area contributed by atoms with Crippen LogP contribution in [0.3, 0.4) is 0 Å². The minimum Gasteiger partial charge on any atom is -0.387 e. The summed E-state index contributed by atoms with van der Waals surface area (Å²) >= 11 is 7.55. The maximum Gasteiger partial charge on any atom is 0.207 e. The van der Waals surface area contributed by atoms with E-state index in [0.29, 0.717) is 11.9 Å². The molecule has 0 spiro atoms. The molecule has 1 atom stereocenters. The van der Waals surface area contributed by atoms with Crippen LogP contribution in [0.2, 0.25) is 4.34 Å². The minimum atomic E-state index is 0.0948. The smallest absolute Gasteiger partial charge is 0.207 e. The van der Waals surface area contributed by atoms with Crippen molar-refractivity contribution in [1.82, 2.24) is 5.06 Å². The predicted octanol–water partition coefficient (Wildman–Crippen LogP) is 3.68. The zero-order chi connectivity index (χ0) is 12.4. The number of nitrogens with two attached hydrogens (primary N) is 1. The third kappa shape index (κ3) is 2.59. The van der Waals surface area contributed by atoms with Crippen LogP contribution in [0.5, 0.6) is 0 Å². The Labute approximate surface area is 111 Å². The van der Waals surface area contributed by atoms with Crippen molar-refractivity contribution in [3.05, 3.63) is 33.3 Å². The molecule has 1 aromatic rings. The molecular formula is C12H17ClN2OS. The molecule has 1 unspecified atom stereocenters. The summed E-state index contributed by atoms with van der Waals surface area (Å²) in [5.74, 6) is 0.478. The molecule has 94 valence electrons. The van der Waals surface area contributed by atoms with Crippen molar-refractivity contribution in [3.8, 4) is 0 Å². The van der Waals surface area contributed by atoms with Crippen LogP contribution in [0.4, 0.5) is 0 Å². The Morgan fingerprint density at radius 2 is 2.18 bits per heavy atom. The lowest BCUT2D eigenvalue weighted by Gasteiger charge is -2.29. The van der Waals surface area contributed by atoms with E-state index < -0.39 is 0 Å². The molecule has 0 radical (unpaired) electrons. The van der Waals surface area contributed by atoms with Crippen molar-refractivity contribution in [1.29, 1.82) is 0 Å². The maximum atomic E-state index is 5.98. The SMILES string of the molecule is CCC(CC)N1OC(N)=CC1c1ccc(Cl)s1. The molecule has 0 aromatic carbocycles. The molecule has 1 aliphatic rings. The largest absolute Gasteiger partial charge is 0.387 e. The number of nitrogens with zero attached hydrogens (tertiary/aromatic N) is 1. The fourth-order valence-corrected chi connectivity index (χ4v) is 3.20. The summed E-state index contributed by atoms with van der Waals surface area (Å²) in [5, 5.41) is 1.98. The van der Waals surface area contributed by atoms with Crippen LogP contribution in [0.25, 0.3) is 0 Å². The van der Waals surface area contributed by atoms with Crippen LogP contribution in [-0.4, -0.2) is 11.1 Å². The summed E-state index contributed by atoms with van der Waals surface area (Å²) in [6.07, 6.45) is 4.01. The Bertz CT molecular complexity index is 414. The molecule has 0 saturated heterocycles. The molecule has 0 aliphatic carbocycles. The molecular weight excluding hydrogens is 256 g/mol. The van der Waals surface area contributed by atoms with Gasteiger partial charge in [0.25, 0.3) is 0 Å². The lowest BCUT2D eigenvalue weighted by molar-refractivity contribution is -0.153. The Morgan fingerprint density at radius 1 is 1.47 bits per heavy atom. The zero-order valence-electron chi connectivity index (χ0n) is 10.0. The van der Waals surface area contributed by atoms with Crippen molar-refractivity contribution >= 4 is 22.9 Å². The lowest BCUT2D eigenvalue weighted by atomic mass is 10.1. The highest BCUT2D eigenvalue weighted by Gasteiger charge is 2.32. The summed E-state index contributed by atoms with van der Waals surface area (Å²) in [6, 6.07) is 4.41. The summed E-state index contributed by atoms with van der Waals surface area (Å²) in [6.45, 7) is 4.31. The fourth-order valence-electron chi connectivity index (χ4n) is 2.08. The molecule has 2 N–H and O–H groups in total. The van der Waals surface area contributed by atoms with Crippen LogP contribution >= 0.6 is 22.9 Å². The van der Waals surface area contributed by atoms with Crippen molar-refractivity contribution < 1.29 is 4.84 Å². The van der Waals surface area contributed by atoms with Crippen molar-refractivity contribution in [2.45, 2.75) is 38.8 Å². The summed E-state index contributed by atoms with van der Waals surface area (Å²) < 4.78 is 0.795. The molecule has 5 heteroatoms. The molecule has 1 aliphatic heterocycles. The Kier molecular flexibility index (Phi) is 3.97. The van der Waals surface area contributed by atoms with Gasteiger partial charge in [-0.15, -0.1) is 16.4 Å². The Morgan fingerprint density at radius 3 is 2.71 bits per heavy atom. The number of halogens is 1. The third-order valence-corrected chi connectivity index (χ3v) is 4.30. The molecule has 2 heterocycles. The molecule has 3 nitrogen and oxygen atoms in total. The first-order chi connectivity index (χ1) is 8.15. The molecule has 1 aromatic heterocycles. The van der Waals surface area contributed by atoms with E-state index >= 15 is 0 Å². The first kappa shape index (κ1) is 12.7. The number of hydroxylamine groups is 2. The van der Waals surface area contributed by atoms with Gasteiger partial charge in [0, 0.05) is 17.0 Å². The van der Waals surface area contributed by atoms with Gasteiger partial charge in [-0.2, -0.15) is 0 Å². The van der Waals surface area contributed by atoms with Crippen LogP contribution in [0.1, 0.15) is 37.6 Å². The van der Waals surface area contributed by atoms with Crippen LogP contribution in [-0.2, 0) is 4.84 Å². The van der Waals surface area contributed by atoms with E-state index in [4.69, 9.17) is 22.2 Å². The topological polar surface area (TPSA) is 38.5 Å². The van der Waals surface area contributed by atoms with E-state index in [0.717, 1.165) is 17.2 Å². The normalized spacial score (nSPS) is 20.7. The van der Waals surface area contributed by atoms with E-state index in [2.05, 4.69) is 13.8 Å². The molecule has 0 bridgehead atoms. The van der Waals surface area contributed by atoms with Crippen LogP contribution < -0.4 is 5.73 Å². The first-order valence-electron chi connectivity index (χ1n) is 5.84. The second kappa shape index (κ2) is 5.29. The van der Waals surface area contributed by atoms with Gasteiger partial charge in [-0.25, -0.2) is 0 Å². The van der Waals surface area contributed by atoms with E-state index in [-0.39, 0.29) is 6.04 Å². The van der Waals surface area contributed by atoms with Gasteiger partial charge in [-0.3, -0.25) is 0 Å². The van der Waals surface area contributed by atoms with Crippen molar-refractivity contribution in [2.75, 3.05) is 0 Å². The van der Waals surface area contributed by atoms with Gasteiger partial charge in [0.1, 0.15) is 6.04 Å². The average Bonchev–Trinajstić information content (AvgIpc) is 2.87. The number of hydrogen-bond acceptors (Lipinski definition) is 4. The molecule has 17 heavy (non-hydrogen) atoms. The Balaban J connectivity index is 2.23. The number of hydrogen-bond donors (Lipinski definition) is 1. The lowest BCUT2D eigenvalue weighted by Crippen LogP contribution is -2.33. The third-order valence-electron chi connectivity index (χ3n) is 3.00. The van der Waals surface area contributed by atoms with Gasteiger partial charge in [-0.05, 0) is 25.0 Å². The summed E-state index contributed by atoms with van der Waals surface area (Å²) in [7, 11) is 0. The van der Waals surface area contributed by atoms with E-state index in [9.17, 15) is 0 Å². The quantitative estimate of drug-likeness (QED) is 0.909. The van der Waals surface area contributed by atoms with Crippen molar-refractivity contribution in [3.63, 3.8) is 0 Å². The zero-order valence-corrected chi connectivity index (χ0v) is 11.6. The van der Waals surface area contributed by atoms with Gasteiger partial charge >= 0.3 is 0 Å². The molecule has 2 rings (SSSR count). The highest BCUT2D eigenvalue weighted by atomic mass is 35.5. The average molecular weight is 273 g/mol. The van der Waals surface area contributed by atoms with Crippen LogP contribution in [0.15, 0.2) is 24.1 Å². The number of thiophene rings is 1. The van der Waals surface area contributed by atoms with Crippen molar-refractivity contribution in [2.24, 2.45) is 5.73 Å². The minimum absolute atomic E-state index is 0.0948. The molecule has 0 fully saturated rings. The maximum absolute atomic E-state index is 5.98. The predicted molar refractivity (Wildman–Crippen MR) is 71.6 cm³/mol. The van der Waals surface area contributed by atoms with E-state index in [1.807, 2.05) is 23.3 Å². The Hall–Kier alpha value is -0.710.